The molecule has 0 aliphatic carbocycles. The van der Waals surface area contributed by atoms with Crippen LogP contribution in [0, 0.1) is 0 Å². The Hall–Kier alpha value is -3.04. The minimum absolute atomic E-state index is 0.0706. The average molecular weight is 395 g/mol. The third-order valence-electron chi connectivity index (χ3n) is 2.99. The van der Waals surface area contributed by atoms with E-state index in [-0.39, 0.29) is 35.3 Å². The van der Waals surface area contributed by atoms with Gasteiger partial charge in [0.1, 0.15) is 22.9 Å². The first-order chi connectivity index (χ1) is 12.8. The van der Waals surface area contributed by atoms with Crippen LogP contribution in [-0.4, -0.2) is 45.2 Å². The number of carbonyl (C=O) groups excluding carboxylic acids is 1. The van der Waals surface area contributed by atoms with Gasteiger partial charge < -0.3 is 35.0 Å². The lowest BCUT2D eigenvalue weighted by Crippen LogP contribution is -2.00. The highest BCUT2D eigenvalue weighted by Crippen LogP contribution is 2.39. The number of esters is 1. The number of aliphatic hydroxyl groups excluding tert-OH is 2. The maximum absolute atomic E-state index is 11.4. The van der Waals surface area contributed by atoms with Gasteiger partial charge in [0.2, 0.25) is 0 Å². The lowest BCUT2D eigenvalue weighted by molar-refractivity contribution is 0.0600. The van der Waals surface area contributed by atoms with Crippen LogP contribution in [0.2, 0.25) is 0 Å². The van der Waals surface area contributed by atoms with E-state index in [4.69, 9.17) is 10.2 Å². The standard InChI is InChI=1S/C14H13NO5S.C4H8O2/c1-20-14(19)8-3-2-4-10(5-8)21-15-13-11(17)6-9(16)7-12(13)18;1-4(6)2-3-5/h2-7,15-18H,1H3;2,5-6H,3H2,1H3/b;4-2+. The second-order valence-electron chi connectivity index (χ2n) is 5.11. The molecule has 6 N–H and O–H groups in total. The molecular formula is C18H21NO7S. The summed E-state index contributed by atoms with van der Waals surface area (Å²) in [6.45, 7) is 1.43. The van der Waals surface area contributed by atoms with Crippen LogP contribution in [0.3, 0.4) is 0 Å². The first kappa shape index (κ1) is 22.0. The van der Waals surface area contributed by atoms with Crippen molar-refractivity contribution >= 4 is 23.6 Å². The van der Waals surface area contributed by atoms with Gasteiger partial charge >= 0.3 is 5.97 Å². The monoisotopic (exact) mass is 395 g/mol. The third-order valence-corrected chi connectivity index (χ3v) is 3.79. The Labute approximate surface area is 160 Å². The smallest absolute Gasteiger partial charge is 0.337 e. The maximum Gasteiger partial charge on any atom is 0.337 e. The van der Waals surface area contributed by atoms with Gasteiger partial charge in [0.25, 0.3) is 0 Å². The quantitative estimate of drug-likeness (QED) is 0.148. The molecule has 0 unspecified atom stereocenters. The van der Waals surface area contributed by atoms with Crippen LogP contribution in [0.1, 0.15) is 17.3 Å². The summed E-state index contributed by atoms with van der Waals surface area (Å²) in [7, 11) is 1.30. The molecule has 0 atom stereocenters. The second-order valence-corrected chi connectivity index (χ2v) is 5.99. The van der Waals surface area contributed by atoms with Crippen molar-refractivity contribution in [3.63, 3.8) is 0 Å². The van der Waals surface area contributed by atoms with Gasteiger partial charge in [-0.05, 0) is 43.1 Å². The number of methoxy groups -OCH3 is 1. The van der Waals surface area contributed by atoms with Gasteiger partial charge in [-0.1, -0.05) is 6.07 Å². The van der Waals surface area contributed by atoms with E-state index in [1.54, 1.807) is 24.3 Å². The van der Waals surface area contributed by atoms with Gasteiger partial charge in [0.05, 0.1) is 25.0 Å². The Bertz CT molecular complexity index is 781. The van der Waals surface area contributed by atoms with E-state index < -0.39 is 5.97 Å². The molecule has 0 fully saturated rings. The Morgan fingerprint density at radius 1 is 1.19 bits per heavy atom. The molecule has 0 aliphatic heterocycles. The summed E-state index contributed by atoms with van der Waals surface area (Å²) in [5.74, 6) is -1.10. The highest BCUT2D eigenvalue weighted by molar-refractivity contribution is 8.00. The summed E-state index contributed by atoms with van der Waals surface area (Å²) < 4.78 is 7.39. The van der Waals surface area contributed by atoms with Crippen molar-refractivity contribution in [1.29, 1.82) is 0 Å². The van der Waals surface area contributed by atoms with Crippen LogP contribution in [0.5, 0.6) is 17.2 Å². The highest BCUT2D eigenvalue weighted by Gasteiger charge is 2.11. The predicted molar refractivity (Wildman–Crippen MR) is 102 cm³/mol. The molecule has 0 radical (unpaired) electrons. The van der Waals surface area contributed by atoms with Crippen LogP contribution in [0.25, 0.3) is 0 Å². The van der Waals surface area contributed by atoms with E-state index in [2.05, 4.69) is 9.46 Å². The number of rotatable bonds is 5. The van der Waals surface area contributed by atoms with Crippen LogP contribution in [-0.2, 0) is 4.74 Å². The Balaban J connectivity index is 0.000000527. The summed E-state index contributed by atoms with van der Waals surface area (Å²) in [4.78, 5) is 12.1. The minimum atomic E-state index is -0.451. The second kappa shape index (κ2) is 10.8. The Morgan fingerprint density at radius 2 is 1.81 bits per heavy atom. The largest absolute Gasteiger partial charge is 0.513 e. The van der Waals surface area contributed by atoms with Crippen LogP contribution in [0.15, 0.2) is 53.1 Å². The number of aliphatic hydroxyl groups is 2. The molecule has 9 heteroatoms. The fourth-order valence-electron chi connectivity index (χ4n) is 1.75. The number of hydrogen-bond donors (Lipinski definition) is 6. The van der Waals surface area contributed by atoms with Crippen molar-refractivity contribution in [2.45, 2.75) is 11.8 Å². The lowest BCUT2D eigenvalue weighted by Gasteiger charge is -2.10. The molecule has 0 heterocycles. The number of nitrogens with one attached hydrogen (secondary N) is 1. The normalized spacial score (nSPS) is 10.6. The van der Waals surface area contributed by atoms with Crippen LogP contribution < -0.4 is 4.72 Å². The molecule has 0 saturated carbocycles. The van der Waals surface area contributed by atoms with Crippen molar-refractivity contribution < 1.29 is 35.1 Å². The Kier molecular flexibility index (Phi) is 8.83. The number of phenols is 3. The zero-order valence-corrected chi connectivity index (χ0v) is 15.5. The van der Waals surface area contributed by atoms with Crippen LogP contribution >= 0.6 is 11.9 Å². The molecule has 8 nitrogen and oxygen atoms in total. The van der Waals surface area contributed by atoms with Gasteiger partial charge in [0.15, 0.2) is 0 Å². The van der Waals surface area contributed by atoms with E-state index in [9.17, 15) is 20.1 Å². The van der Waals surface area contributed by atoms with Gasteiger partial charge in [0, 0.05) is 17.0 Å². The molecule has 2 rings (SSSR count). The number of allylic oxidation sites excluding steroid dienone is 1. The van der Waals surface area contributed by atoms with E-state index in [1.807, 2.05) is 0 Å². The predicted octanol–water partition coefficient (Wildman–Crippen LogP) is 3.15. The molecule has 2 aromatic carbocycles. The fourth-order valence-corrected chi connectivity index (χ4v) is 2.51. The number of anilines is 1. The number of carbonyl (C=O) groups is 1. The molecule has 0 bridgehead atoms. The highest BCUT2D eigenvalue weighted by atomic mass is 32.2. The molecule has 27 heavy (non-hydrogen) atoms. The molecule has 0 amide bonds. The van der Waals surface area contributed by atoms with Crippen molar-refractivity contribution in [2.75, 3.05) is 18.4 Å². The van der Waals surface area contributed by atoms with Gasteiger partial charge in [-0.15, -0.1) is 0 Å². The zero-order valence-electron chi connectivity index (χ0n) is 14.7. The van der Waals surface area contributed by atoms with Gasteiger partial charge in [-0.2, -0.15) is 0 Å². The molecular weight excluding hydrogens is 374 g/mol. The molecule has 0 saturated heterocycles. The fraction of sp³-hybridized carbons (Fsp3) is 0.167. The Morgan fingerprint density at radius 3 is 2.30 bits per heavy atom. The lowest BCUT2D eigenvalue weighted by atomic mass is 10.2. The molecule has 146 valence electrons. The van der Waals surface area contributed by atoms with E-state index in [0.717, 1.165) is 24.1 Å². The number of hydrogen-bond acceptors (Lipinski definition) is 9. The zero-order chi connectivity index (χ0) is 20.4. The molecule has 0 aromatic heterocycles. The van der Waals surface area contributed by atoms with Crippen molar-refractivity contribution in [3.8, 4) is 17.2 Å². The van der Waals surface area contributed by atoms with Crippen molar-refractivity contribution in [3.05, 3.63) is 53.8 Å². The minimum Gasteiger partial charge on any atom is -0.513 e. The first-order valence-corrected chi connectivity index (χ1v) is 8.42. The van der Waals surface area contributed by atoms with Crippen molar-refractivity contribution in [1.82, 2.24) is 0 Å². The third kappa shape index (κ3) is 7.38. The summed E-state index contributed by atoms with van der Waals surface area (Å²) in [6, 6.07) is 8.87. The first-order valence-electron chi connectivity index (χ1n) is 7.61. The number of ether oxygens (including phenoxy) is 1. The average Bonchev–Trinajstić information content (AvgIpc) is 2.60. The van der Waals surface area contributed by atoms with E-state index in [1.165, 1.54) is 20.1 Å². The van der Waals surface area contributed by atoms with E-state index in [0.29, 0.717) is 10.5 Å². The summed E-state index contributed by atoms with van der Waals surface area (Å²) in [6.07, 6.45) is 1.32. The van der Waals surface area contributed by atoms with Crippen LogP contribution in [0.4, 0.5) is 5.69 Å². The van der Waals surface area contributed by atoms with E-state index >= 15 is 0 Å². The summed E-state index contributed by atoms with van der Waals surface area (Å²) in [5.41, 5.74) is 0.463. The van der Waals surface area contributed by atoms with Crippen molar-refractivity contribution in [2.24, 2.45) is 0 Å². The summed E-state index contributed by atoms with van der Waals surface area (Å²) in [5, 5.41) is 44.8. The molecule has 0 aliphatic rings. The van der Waals surface area contributed by atoms with Gasteiger partial charge in [-0.3, -0.25) is 0 Å². The molecule has 2 aromatic rings. The van der Waals surface area contributed by atoms with Gasteiger partial charge in [-0.25, -0.2) is 4.79 Å². The number of benzene rings is 2. The number of aromatic hydroxyl groups is 3. The topological polar surface area (TPSA) is 139 Å². The summed E-state index contributed by atoms with van der Waals surface area (Å²) >= 11 is 1.09. The SMILES string of the molecule is C/C(O)=C\CO.COC(=O)c1cccc(SNc2c(O)cc(O)cc2O)c1. The maximum atomic E-state index is 11.4. The number of phenolic OH excluding ortho intramolecular Hbond substituents is 3. The molecule has 0 spiro atoms.